The average Bonchev–Trinajstić information content (AvgIpc) is 2.64. The van der Waals surface area contributed by atoms with Crippen molar-refractivity contribution in [3.8, 4) is 0 Å². The van der Waals surface area contributed by atoms with E-state index in [0.29, 0.717) is 22.3 Å². The second-order valence-electron chi connectivity index (χ2n) is 4.71. The normalized spacial score (nSPS) is 14.8. The maximum Gasteiger partial charge on any atom is 0.178 e. The van der Waals surface area contributed by atoms with Gasteiger partial charge in [-0.05, 0) is 30.2 Å². The number of rotatable bonds is 1. The number of carbonyl (C=O) groups excluding carboxylic acids is 2. The van der Waals surface area contributed by atoms with E-state index in [2.05, 4.69) is 0 Å². The summed E-state index contributed by atoms with van der Waals surface area (Å²) in [4.78, 5) is 24.7. The van der Waals surface area contributed by atoms with Crippen molar-refractivity contribution in [1.82, 2.24) is 0 Å². The van der Waals surface area contributed by atoms with Gasteiger partial charge in [0.25, 0.3) is 0 Å². The number of benzene rings is 2. The van der Waals surface area contributed by atoms with Crippen molar-refractivity contribution in [2.45, 2.75) is 12.8 Å². The predicted octanol–water partition coefficient (Wildman–Crippen LogP) is 3.30. The maximum absolute atomic E-state index is 13.1. The summed E-state index contributed by atoms with van der Waals surface area (Å²) in [7, 11) is 0. The molecule has 2 aromatic rings. The van der Waals surface area contributed by atoms with E-state index in [-0.39, 0.29) is 17.4 Å². The number of hydrogen-bond acceptors (Lipinski definition) is 2. The van der Waals surface area contributed by atoms with Crippen LogP contribution in [-0.2, 0) is 0 Å². The minimum Gasteiger partial charge on any atom is -0.293 e. The first kappa shape index (κ1) is 11.8. The molecule has 19 heavy (non-hydrogen) atoms. The second kappa shape index (κ2) is 4.12. The molecule has 0 amide bonds. The van der Waals surface area contributed by atoms with Gasteiger partial charge in [0.1, 0.15) is 11.7 Å². The Balaban J connectivity index is 2.14. The maximum atomic E-state index is 13.1. The first-order chi connectivity index (χ1) is 9.09. The zero-order chi connectivity index (χ0) is 13.6. The molecule has 0 spiro atoms. The summed E-state index contributed by atoms with van der Waals surface area (Å²) in [5.74, 6) is -1.58. The van der Waals surface area contributed by atoms with Crippen molar-refractivity contribution in [2.75, 3.05) is 0 Å². The molecule has 1 aliphatic rings. The Morgan fingerprint density at radius 3 is 2.05 bits per heavy atom. The van der Waals surface area contributed by atoms with Gasteiger partial charge in [-0.2, -0.15) is 0 Å². The fourth-order valence-electron chi connectivity index (χ4n) is 2.59. The Morgan fingerprint density at radius 2 is 1.53 bits per heavy atom. The van der Waals surface area contributed by atoms with Crippen LogP contribution in [0.1, 0.15) is 37.8 Å². The van der Waals surface area contributed by atoms with Gasteiger partial charge in [0, 0.05) is 11.1 Å². The highest BCUT2D eigenvalue weighted by Gasteiger charge is 2.39. The van der Waals surface area contributed by atoms with Crippen molar-refractivity contribution in [2.24, 2.45) is 0 Å². The number of fused-ring (bicyclic) bond motifs is 1. The summed E-state index contributed by atoms with van der Waals surface area (Å²) < 4.78 is 13.1. The largest absolute Gasteiger partial charge is 0.293 e. The monoisotopic (exact) mass is 254 g/mol. The lowest BCUT2D eigenvalue weighted by molar-refractivity contribution is 0.0889. The fraction of sp³-hybridized carbons (Fsp3) is 0.125. The van der Waals surface area contributed by atoms with Gasteiger partial charge >= 0.3 is 0 Å². The molecule has 0 aliphatic heterocycles. The van der Waals surface area contributed by atoms with Crippen LogP contribution in [0.2, 0.25) is 0 Å². The molecular weight excluding hydrogens is 243 g/mol. The Bertz CT molecular complexity index is 669. The molecule has 0 saturated carbocycles. The molecule has 0 atom stereocenters. The molecule has 0 radical (unpaired) electrons. The summed E-state index contributed by atoms with van der Waals surface area (Å²) in [5.41, 5.74) is 2.13. The second-order valence-corrected chi connectivity index (χ2v) is 4.71. The highest BCUT2D eigenvalue weighted by Crippen LogP contribution is 2.35. The number of aryl methyl sites for hydroxylation is 1. The van der Waals surface area contributed by atoms with Crippen LogP contribution in [0.3, 0.4) is 0 Å². The first-order valence-electron chi connectivity index (χ1n) is 6.03. The van der Waals surface area contributed by atoms with Gasteiger partial charge in [-0.3, -0.25) is 9.59 Å². The van der Waals surface area contributed by atoms with Gasteiger partial charge in [-0.25, -0.2) is 4.39 Å². The van der Waals surface area contributed by atoms with E-state index in [0.717, 1.165) is 0 Å². The molecule has 2 nitrogen and oxygen atoms in total. The van der Waals surface area contributed by atoms with Crippen LogP contribution in [0.5, 0.6) is 0 Å². The van der Waals surface area contributed by atoms with Gasteiger partial charge in [0.15, 0.2) is 11.6 Å². The Morgan fingerprint density at radius 1 is 0.947 bits per heavy atom. The van der Waals surface area contributed by atoms with E-state index < -0.39 is 5.92 Å². The van der Waals surface area contributed by atoms with Crippen molar-refractivity contribution in [1.29, 1.82) is 0 Å². The summed E-state index contributed by atoms with van der Waals surface area (Å²) in [6.45, 7) is 1.71. The minimum absolute atomic E-state index is 0.199. The van der Waals surface area contributed by atoms with Crippen LogP contribution in [0.4, 0.5) is 4.39 Å². The van der Waals surface area contributed by atoms with Crippen molar-refractivity contribution in [3.05, 3.63) is 70.5 Å². The number of ketones is 2. The van der Waals surface area contributed by atoms with Crippen LogP contribution < -0.4 is 0 Å². The molecule has 3 rings (SSSR count). The van der Waals surface area contributed by atoms with E-state index >= 15 is 0 Å². The first-order valence-corrected chi connectivity index (χ1v) is 6.03. The highest BCUT2D eigenvalue weighted by molar-refractivity contribution is 6.29. The van der Waals surface area contributed by atoms with E-state index in [1.165, 1.54) is 18.2 Å². The molecule has 0 unspecified atom stereocenters. The smallest absolute Gasteiger partial charge is 0.178 e. The van der Waals surface area contributed by atoms with Crippen molar-refractivity contribution in [3.63, 3.8) is 0 Å². The van der Waals surface area contributed by atoms with Crippen molar-refractivity contribution < 1.29 is 14.0 Å². The molecule has 94 valence electrons. The lowest BCUT2D eigenvalue weighted by Crippen LogP contribution is -2.14. The third-order valence-electron chi connectivity index (χ3n) is 3.53. The van der Waals surface area contributed by atoms with Gasteiger partial charge < -0.3 is 0 Å². The van der Waals surface area contributed by atoms with E-state index in [1.807, 2.05) is 0 Å². The molecular formula is C16H11FO2. The number of halogens is 1. The number of carbonyl (C=O) groups is 2. The zero-order valence-corrected chi connectivity index (χ0v) is 10.3. The van der Waals surface area contributed by atoms with Crippen LogP contribution >= 0.6 is 0 Å². The Hall–Kier alpha value is -2.29. The van der Waals surface area contributed by atoms with Gasteiger partial charge in [0.05, 0.1) is 0 Å². The minimum atomic E-state index is -0.821. The molecule has 1 aliphatic carbocycles. The molecule has 0 aromatic heterocycles. The van der Waals surface area contributed by atoms with Crippen LogP contribution in [0.15, 0.2) is 42.5 Å². The van der Waals surface area contributed by atoms with E-state index in [1.54, 1.807) is 31.2 Å². The topological polar surface area (TPSA) is 34.1 Å². The van der Waals surface area contributed by atoms with Crippen molar-refractivity contribution >= 4 is 11.6 Å². The summed E-state index contributed by atoms with van der Waals surface area (Å²) in [5, 5.41) is 0. The average molecular weight is 254 g/mol. The van der Waals surface area contributed by atoms with Crippen LogP contribution in [0, 0.1) is 12.7 Å². The molecule has 0 bridgehead atoms. The quantitative estimate of drug-likeness (QED) is 0.732. The third-order valence-corrected chi connectivity index (χ3v) is 3.53. The summed E-state index contributed by atoms with van der Waals surface area (Å²) >= 11 is 0. The number of Topliss-reactive ketones (excluding diaryl/α,β-unsaturated/α-hetero) is 2. The Kier molecular flexibility index (Phi) is 2.56. The lowest BCUT2D eigenvalue weighted by Gasteiger charge is -2.10. The van der Waals surface area contributed by atoms with E-state index in [9.17, 15) is 14.0 Å². The summed E-state index contributed by atoms with van der Waals surface area (Å²) in [6, 6.07) is 11.0. The van der Waals surface area contributed by atoms with Gasteiger partial charge in [-0.15, -0.1) is 0 Å². The molecule has 3 heteroatoms. The molecule has 0 fully saturated rings. The standard InChI is InChI=1S/C16H11FO2/c1-9-8-10(17)6-7-11(9)14-15(18)12-4-2-3-5-13(12)16(14)19/h2-8,14H,1H3. The predicted molar refractivity (Wildman–Crippen MR) is 69.0 cm³/mol. The fourth-order valence-corrected chi connectivity index (χ4v) is 2.59. The highest BCUT2D eigenvalue weighted by atomic mass is 19.1. The van der Waals surface area contributed by atoms with E-state index in [4.69, 9.17) is 0 Å². The summed E-state index contributed by atoms with van der Waals surface area (Å²) in [6.07, 6.45) is 0. The van der Waals surface area contributed by atoms with Gasteiger partial charge in [0.2, 0.25) is 0 Å². The molecule has 0 heterocycles. The van der Waals surface area contributed by atoms with Crippen LogP contribution in [-0.4, -0.2) is 11.6 Å². The number of hydrogen-bond donors (Lipinski definition) is 0. The Labute approximate surface area is 109 Å². The third kappa shape index (κ3) is 1.70. The molecule has 0 saturated heterocycles. The zero-order valence-electron chi connectivity index (χ0n) is 10.3. The molecule has 2 aromatic carbocycles. The molecule has 0 N–H and O–H groups in total. The lowest BCUT2D eigenvalue weighted by atomic mass is 9.91. The SMILES string of the molecule is Cc1cc(F)ccc1C1C(=O)c2ccccc2C1=O. The van der Waals surface area contributed by atoms with Gasteiger partial charge in [-0.1, -0.05) is 30.3 Å². The van der Waals surface area contributed by atoms with Crippen LogP contribution in [0.25, 0.3) is 0 Å².